The van der Waals surface area contributed by atoms with Crippen LogP contribution in [0, 0.1) is 29.1 Å². The van der Waals surface area contributed by atoms with Crippen LogP contribution in [0.3, 0.4) is 0 Å². The van der Waals surface area contributed by atoms with Crippen molar-refractivity contribution in [3.05, 3.63) is 0 Å². The summed E-state index contributed by atoms with van der Waals surface area (Å²) in [7, 11) is 0. The van der Waals surface area contributed by atoms with Gasteiger partial charge in [0, 0.05) is 5.92 Å². The first-order valence-corrected chi connectivity index (χ1v) is 4.62. The van der Waals surface area contributed by atoms with Crippen molar-refractivity contribution in [2.24, 2.45) is 17.3 Å². The Morgan fingerprint density at radius 3 is 2.77 bits per heavy atom. The maximum atomic E-state index is 9.93. The fourth-order valence-corrected chi connectivity index (χ4v) is 1.97. The Labute approximate surface area is 79.7 Å². The summed E-state index contributed by atoms with van der Waals surface area (Å²) in [5, 5.41) is 0. The van der Waals surface area contributed by atoms with Gasteiger partial charge in [-0.2, -0.15) is 0 Å². The maximum Gasteiger partial charge on any atom is 0.293 e. The average molecular weight is 180 g/mol. The topological polar surface area (TPSA) is 26.3 Å². The smallest absolute Gasteiger partial charge is 0.293 e. The van der Waals surface area contributed by atoms with Crippen LogP contribution in [-0.2, 0) is 9.53 Å². The molecule has 0 heterocycles. The van der Waals surface area contributed by atoms with Crippen molar-refractivity contribution in [2.75, 3.05) is 6.61 Å². The molecule has 0 bridgehead atoms. The molecule has 13 heavy (non-hydrogen) atoms. The molecule has 1 rings (SSSR count). The van der Waals surface area contributed by atoms with Gasteiger partial charge in [0.25, 0.3) is 6.47 Å². The van der Waals surface area contributed by atoms with E-state index in [2.05, 4.69) is 30.4 Å². The Morgan fingerprint density at radius 1 is 1.54 bits per heavy atom. The Morgan fingerprint density at radius 2 is 2.23 bits per heavy atom. The van der Waals surface area contributed by atoms with Crippen molar-refractivity contribution in [2.45, 2.75) is 27.2 Å². The summed E-state index contributed by atoms with van der Waals surface area (Å²) in [4.78, 5) is 9.93. The molecular formula is C11H16O2. The summed E-state index contributed by atoms with van der Waals surface area (Å²) in [6.45, 7) is 7.34. The third-order valence-electron chi connectivity index (χ3n) is 2.97. The zero-order chi connectivity index (χ0) is 9.90. The van der Waals surface area contributed by atoms with Gasteiger partial charge < -0.3 is 4.74 Å². The first kappa shape index (κ1) is 10.1. The molecule has 0 aromatic carbocycles. The largest absolute Gasteiger partial charge is 0.468 e. The van der Waals surface area contributed by atoms with E-state index in [1.165, 1.54) is 0 Å². The van der Waals surface area contributed by atoms with E-state index in [-0.39, 0.29) is 0 Å². The third kappa shape index (κ3) is 2.03. The number of hydrogen-bond acceptors (Lipinski definition) is 2. The zero-order valence-corrected chi connectivity index (χ0v) is 8.46. The van der Waals surface area contributed by atoms with Crippen LogP contribution in [0.2, 0.25) is 0 Å². The van der Waals surface area contributed by atoms with Crippen molar-refractivity contribution in [1.82, 2.24) is 0 Å². The molecule has 1 aliphatic carbocycles. The second-order valence-corrected chi connectivity index (χ2v) is 4.06. The molecule has 0 N–H and O–H groups in total. The van der Waals surface area contributed by atoms with Gasteiger partial charge in [-0.15, -0.1) is 5.92 Å². The van der Waals surface area contributed by atoms with Gasteiger partial charge in [0.1, 0.15) is 0 Å². The molecule has 1 saturated carbocycles. The van der Waals surface area contributed by atoms with Crippen LogP contribution in [0.15, 0.2) is 0 Å². The Kier molecular flexibility index (Phi) is 2.98. The predicted octanol–water partition coefficient (Wildman–Crippen LogP) is 1.84. The molecule has 0 saturated heterocycles. The lowest BCUT2D eigenvalue weighted by Crippen LogP contribution is -1.96. The number of ether oxygens (including phenoxy) is 1. The summed E-state index contributed by atoms with van der Waals surface area (Å²) in [5.41, 5.74) is 0.315. The molecule has 2 unspecified atom stereocenters. The molecule has 0 amide bonds. The second-order valence-electron chi connectivity index (χ2n) is 4.06. The Bertz CT molecular complexity index is 245. The van der Waals surface area contributed by atoms with E-state index < -0.39 is 0 Å². The summed E-state index contributed by atoms with van der Waals surface area (Å²) < 4.78 is 4.68. The standard InChI is InChI=1S/C11H16O2/c1-4-5-9-10(11(9,2)3)6-7-13-8-12/h8-10H,6-7H2,1-3H3. The number of hydrogen-bond donors (Lipinski definition) is 0. The van der Waals surface area contributed by atoms with Gasteiger partial charge in [-0.25, -0.2) is 0 Å². The quantitative estimate of drug-likeness (QED) is 0.375. The highest BCUT2D eigenvalue weighted by Crippen LogP contribution is 2.59. The van der Waals surface area contributed by atoms with Crippen molar-refractivity contribution < 1.29 is 9.53 Å². The van der Waals surface area contributed by atoms with Gasteiger partial charge in [0.05, 0.1) is 6.61 Å². The van der Waals surface area contributed by atoms with E-state index in [1.807, 2.05) is 6.92 Å². The van der Waals surface area contributed by atoms with Gasteiger partial charge in [0.2, 0.25) is 0 Å². The Balaban J connectivity index is 2.35. The molecule has 0 spiro atoms. The lowest BCUT2D eigenvalue weighted by atomic mass is 10.1. The van der Waals surface area contributed by atoms with Crippen molar-refractivity contribution in [1.29, 1.82) is 0 Å². The fourth-order valence-electron chi connectivity index (χ4n) is 1.97. The van der Waals surface area contributed by atoms with Crippen LogP contribution in [0.4, 0.5) is 0 Å². The number of rotatable bonds is 4. The molecule has 1 aliphatic rings. The third-order valence-corrected chi connectivity index (χ3v) is 2.97. The molecular weight excluding hydrogens is 164 g/mol. The van der Waals surface area contributed by atoms with Crippen LogP contribution in [0.1, 0.15) is 27.2 Å². The van der Waals surface area contributed by atoms with E-state index in [9.17, 15) is 4.79 Å². The zero-order valence-electron chi connectivity index (χ0n) is 8.46. The van der Waals surface area contributed by atoms with Gasteiger partial charge in [-0.3, -0.25) is 4.79 Å². The van der Waals surface area contributed by atoms with E-state index in [1.54, 1.807) is 0 Å². The molecule has 2 atom stereocenters. The molecule has 0 aromatic rings. The molecule has 0 aromatic heterocycles. The average Bonchev–Trinajstić information content (AvgIpc) is 2.57. The SMILES string of the molecule is CC#CC1C(CCOC=O)C1(C)C. The molecule has 0 aliphatic heterocycles. The first-order chi connectivity index (χ1) is 6.14. The van der Waals surface area contributed by atoms with Gasteiger partial charge >= 0.3 is 0 Å². The van der Waals surface area contributed by atoms with Crippen LogP contribution in [-0.4, -0.2) is 13.1 Å². The summed E-state index contributed by atoms with van der Waals surface area (Å²) in [6, 6.07) is 0. The number of carbonyl (C=O) groups excluding carboxylic acids is 1. The lowest BCUT2D eigenvalue weighted by molar-refractivity contribution is -0.128. The molecule has 72 valence electrons. The number of carbonyl (C=O) groups is 1. The highest BCUT2D eigenvalue weighted by atomic mass is 16.5. The van der Waals surface area contributed by atoms with Crippen molar-refractivity contribution in [3.63, 3.8) is 0 Å². The van der Waals surface area contributed by atoms with E-state index in [0.29, 0.717) is 30.3 Å². The molecule has 2 heteroatoms. The van der Waals surface area contributed by atoms with Crippen LogP contribution < -0.4 is 0 Å². The summed E-state index contributed by atoms with van der Waals surface area (Å²) in [5.74, 6) is 7.23. The van der Waals surface area contributed by atoms with Crippen molar-refractivity contribution >= 4 is 6.47 Å². The van der Waals surface area contributed by atoms with Crippen molar-refractivity contribution in [3.8, 4) is 11.8 Å². The minimum atomic E-state index is 0.315. The summed E-state index contributed by atoms with van der Waals surface area (Å²) in [6.07, 6.45) is 0.936. The van der Waals surface area contributed by atoms with Crippen LogP contribution in [0.5, 0.6) is 0 Å². The van der Waals surface area contributed by atoms with Gasteiger partial charge in [0.15, 0.2) is 0 Å². The monoisotopic (exact) mass is 180 g/mol. The maximum absolute atomic E-state index is 9.93. The van der Waals surface area contributed by atoms with Gasteiger partial charge in [-0.1, -0.05) is 19.8 Å². The predicted molar refractivity (Wildman–Crippen MR) is 50.8 cm³/mol. The second kappa shape index (κ2) is 3.83. The summed E-state index contributed by atoms with van der Waals surface area (Å²) >= 11 is 0. The highest BCUT2D eigenvalue weighted by molar-refractivity contribution is 5.36. The van der Waals surface area contributed by atoms with E-state index >= 15 is 0 Å². The lowest BCUT2D eigenvalue weighted by Gasteiger charge is -2.00. The minimum absolute atomic E-state index is 0.315. The molecule has 1 fully saturated rings. The van der Waals surface area contributed by atoms with Gasteiger partial charge in [-0.05, 0) is 24.7 Å². The van der Waals surface area contributed by atoms with E-state index in [4.69, 9.17) is 0 Å². The molecule has 0 radical (unpaired) electrons. The first-order valence-electron chi connectivity index (χ1n) is 4.62. The molecule has 2 nitrogen and oxygen atoms in total. The van der Waals surface area contributed by atoms with E-state index in [0.717, 1.165) is 6.42 Å². The Hall–Kier alpha value is -0.970. The normalized spacial score (nSPS) is 28.5. The fraction of sp³-hybridized carbons (Fsp3) is 0.727. The highest BCUT2D eigenvalue weighted by Gasteiger charge is 2.56. The minimum Gasteiger partial charge on any atom is -0.468 e. The van der Waals surface area contributed by atoms with Crippen LogP contribution >= 0.6 is 0 Å². The van der Waals surface area contributed by atoms with Crippen LogP contribution in [0.25, 0.3) is 0 Å².